The van der Waals surface area contributed by atoms with Crippen LogP contribution in [0, 0.1) is 6.92 Å². The molecule has 0 saturated carbocycles. The van der Waals surface area contributed by atoms with E-state index in [0.29, 0.717) is 5.11 Å². The summed E-state index contributed by atoms with van der Waals surface area (Å²) in [6.45, 7) is 2.77. The van der Waals surface area contributed by atoms with Gasteiger partial charge in [0.05, 0.1) is 19.3 Å². The quantitative estimate of drug-likeness (QED) is 0.678. The van der Waals surface area contributed by atoms with Gasteiger partial charge in [-0.15, -0.1) is 0 Å². The molecule has 0 amide bonds. The molecule has 5 nitrogen and oxygen atoms in total. The molecule has 3 rings (SSSR count). The Bertz CT molecular complexity index is 844. The molecule has 128 valence electrons. The SMILES string of the molecule is COc1ccc(C)cc1NC(=S)Nc1ccc(Cn2cccn2)cc1. The van der Waals surface area contributed by atoms with Crippen LogP contribution in [0.2, 0.25) is 0 Å². The lowest BCUT2D eigenvalue weighted by Gasteiger charge is -2.14. The van der Waals surface area contributed by atoms with Crippen molar-refractivity contribution < 1.29 is 4.74 Å². The van der Waals surface area contributed by atoms with Gasteiger partial charge >= 0.3 is 0 Å². The van der Waals surface area contributed by atoms with Gasteiger partial charge < -0.3 is 15.4 Å². The Hall–Kier alpha value is -2.86. The summed E-state index contributed by atoms with van der Waals surface area (Å²) in [4.78, 5) is 0. The van der Waals surface area contributed by atoms with E-state index >= 15 is 0 Å². The lowest BCUT2D eigenvalue weighted by atomic mass is 10.2. The molecule has 0 saturated heterocycles. The molecule has 0 aliphatic carbocycles. The number of anilines is 2. The average Bonchev–Trinajstić information content (AvgIpc) is 3.10. The highest BCUT2D eigenvalue weighted by molar-refractivity contribution is 7.80. The Labute approximate surface area is 152 Å². The van der Waals surface area contributed by atoms with Crippen molar-refractivity contribution in [3.8, 4) is 5.75 Å². The van der Waals surface area contributed by atoms with Crippen LogP contribution in [0.1, 0.15) is 11.1 Å². The van der Waals surface area contributed by atoms with Gasteiger partial charge in [0.2, 0.25) is 0 Å². The third kappa shape index (κ3) is 4.58. The number of benzene rings is 2. The second-order valence-corrected chi connectivity index (χ2v) is 6.09. The third-order valence-electron chi connectivity index (χ3n) is 3.72. The molecule has 0 fully saturated rings. The van der Waals surface area contributed by atoms with Crippen LogP contribution in [0.5, 0.6) is 5.75 Å². The molecule has 25 heavy (non-hydrogen) atoms. The zero-order valence-electron chi connectivity index (χ0n) is 14.2. The molecule has 0 unspecified atom stereocenters. The first kappa shape index (κ1) is 17.0. The molecular weight excluding hydrogens is 332 g/mol. The van der Waals surface area contributed by atoms with Crippen LogP contribution in [0.15, 0.2) is 60.9 Å². The fraction of sp³-hybridized carbons (Fsp3) is 0.158. The van der Waals surface area contributed by atoms with E-state index in [9.17, 15) is 0 Å². The zero-order valence-corrected chi connectivity index (χ0v) is 15.0. The first-order chi connectivity index (χ1) is 12.1. The molecule has 1 aromatic heterocycles. The van der Waals surface area contributed by atoms with E-state index in [1.54, 1.807) is 13.3 Å². The van der Waals surface area contributed by atoms with Gasteiger partial charge in [-0.1, -0.05) is 18.2 Å². The summed E-state index contributed by atoms with van der Waals surface area (Å²) in [5, 5.41) is 11.1. The molecule has 6 heteroatoms. The van der Waals surface area contributed by atoms with Crippen LogP contribution in [-0.4, -0.2) is 22.0 Å². The number of aromatic nitrogens is 2. The van der Waals surface area contributed by atoms with Gasteiger partial charge in [0, 0.05) is 18.1 Å². The summed E-state index contributed by atoms with van der Waals surface area (Å²) in [6, 6.07) is 15.9. The molecule has 0 aliphatic rings. The van der Waals surface area contributed by atoms with Gasteiger partial charge in [0.1, 0.15) is 5.75 Å². The molecule has 3 aromatic rings. The molecule has 2 N–H and O–H groups in total. The first-order valence-electron chi connectivity index (χ1n) is 7.93. The first-order valence-corrected chi connectivity index (χ1v) is 8.34. The fourth-order valence-corrected chi connectivity index (χ4v) is 2.71. The van der Waals surface area contributed by atoms with Gasteiger partial charge in [-0.2, -0.15) is 5.10 Å². The normalized spacial score (nSPS) is 10.3. The minimum Gasteiger partial charge on any atom is -0.495 e. The Balaban J connectivity index is 1.62. The number of rotatable bonds is 5. The fourth-order valence-electron chi connectivity index (χ4n) is 2.48. The maximum absolute atomic E-state index is 5.40. The monoisotopic (exact) mass is 352 g/mol. The maximum Gasteiger partial charge on any atom is 0.175 e. The molecule has 0 radical (unpaired) electrons. The minimum atomic E-state index is 0.517. The van der Waals surface area contributed by atoms with E-state index in [4.69, 9.17) is 17.0 Å². The molecule has 2 aromatic carbocycles. The topological polar surface area (TPSA) is 51.1 Å². The molecule has 0 bridgehead atoms. The second-order valence-electron chi connectivity index (χ2n) is 5.68. The van der Waals surface area contributed by atoms with Crippen LogP contribution in [0.25, 0.3) is 0 Å². The average molecular weight is 352 g/mol. The van der Waals surface area contributed by atoms with E-state index in [2.05, 4.69) is 27.9 Å². The summed E-state index contributed by atoms with van der Waals surface area (Å²) < 4.78 is 7.25. The van der Waals surface area contributed by atoms with Crippen molar-refractivity contribution in [2.24, 2.45) is 0 Å². The molecular formula is C19H20N4OS. The van der Waals surface area contributed by atoms with Crippen LogP contribution < -0.4 is 15.4 Å². The van der Waals surface area contributed by atoms with Crippen molar-refractivity contribution in [3.63, 3.8) is 0 Å². The summed E-state index contributed by atoms with van der Waals surface area (Å²) in [5.41, 5.74) is 4.08. The van der Waals surface area contributed by atoms with E-state index in [-0.39, 0.29) is 0 Å². The maximum atomic E-state index is 5.40. The highest BCUT2D eigenvalue weighted by Gasteiger charge is 2.06. The van der Waals surface area contributed by atoms with Gasteiger partial charge in [-0.25, -0.2) is 0 Å². The summed E-state index contributed by atoms with van der Waals surface area (Å²) in [7, 11) is 1.64. The Morgan fingerprint density at radius 1 is 1.16 bits per heavy atom. The molecule has 0 spiro atoms. The van der Waals surface area contributed by atoms with Gasteiger partial charge in [-0.3, -0.25) is 4.68 Å². The zero-order chi connectivity index (χ0) is 17.6. The lowest BCUT2D eigenvalue weighted by molar-refractivity contribution is 0.417. The van der Waals surface area contributed by atoms with Crippen LogP contribution in [-0.2, 0) is 6.54 Å². The summed E-state index contributed by atoms with van der Waals surface area (Å²) >= 11 is 5.40. The Morgan fingerprint density at radius 3 is 2.64 bits per heavy atom. The molecule has 1 heterocycles. The Morgan fingerprint density at radius 2 is 1.96 bits per heavy atom. The largest absolute Gasteiger partial charge is 0.495 e. The van der Waals surface area contributed by atoms with Gasteiger partial charge in [0.25, 0.3) is 0 Å². The molecule has 0 aliphatic heterocycles. The van der Waals surface area contributed by atoms with Crippen LogP contribution >= 0.6 is 12.2 Å². The summed E-state index contributed by atoms with van der Waals surface area (Å²) in [6.07, 6.45) is 3.72. The highest BCUT2D eigenvalue weighted by atomic mass is 32.1. The second kappa shape index (κ2) is 7.81. The Kier molecular flexibility index (Phi) is 5.30. The molecule has 0 atom stereocenters. The highest BCUT2D eigenvalue weighted by Crippen LogP contribution is 2.25. The lowest BCUT2D eigenvalue weighted by Crippen LogP contribution is -2.19. The van der Waals surface area contributed by atoms with Crippen molar-refractivity contribution in [2.45, 2.75) is 13.5 Å². The van der Waals surface area contributed by atoms with Gasteiger partial charge in [0.15, 0.2) is 5.11 Å². The van der Waals surface area contributed by atoms with E-state index in [0.717, 1.165) is 29.2 Å². The number of thiocarbonyl (C=S) groups is 1. The minimum absolute atomic E-state index is 0.517. The van der Waals surface area contributed by atoms with E-state index < -0.39 is 0 Å². The third-order valence-corrected chi connectivity index (χ3v) is 3.92. The smallest absolute Gasteiger partial charge is 0.175 e. The number of ether oxygens (including phenoxy) is 1. The standard InChI is InChI=1S/C19H20N4OS/c1-14-4-9-18(24-2)17(12-14)22-19(25)21-16-7-5-15(6-8-16)13-23-11-3-10-20-23/h3-12H,13H2,1-2H3,(H2,21,22,25). The van der Waals surface area contributed by atoms with Crippen LogP contribution in [0.3, 0.4) is 0 Å². The number of hydrogen-bond donors (Lipinski definition) is 2. The predicted octanol–water partition coefficient (Wildman–Crippen LogP) is 4.06. The van der Waals surface area contributed by atoms with E-state index in [1.807, 2.05) is 54.2 Å². The number of nitrogens with zero attached hydrogens (tertiary/aromatic N) is 2. The van der Waals surface area contributed by atoms with E-state index in [1.165, 1.54) is 5.56 Å². The van der Waals surface area contributed by atoms with Crippen LogP contribution in [0.4, 0.5) is 11.4 Å². The predicted molar refractivity (Wildman–Crippen MR) is 105 cm³/mol. The van der Waals surface area contributed by atoms with Crippen molar-refractivity contribution in [1.29, 1.82) is 0 Å². The number of methoxy groups -OCH3 is 1. The van der Waals surface area contributed by atoms with Crippen molar-refractivity contribution in [1.82, 2.24) is 9.78 Å². The van der Waals surface area contributed by atoms with Crippen molar-refractivity contribution in [2.75, 3.05) is 17.7 Å². The van der Waals surface area contributed by atoms with Gasteiger partial charge in [-0.05, 0) is 60.6 Å². The van der Waals surface area contributed by atoms with Crippen molar-refractivity contribution >= 4 is 28.7 Å². The number of nitrogens with one attached hydrogen (secondary N) is 2. The number of hydrogen-bond acceptors (Lipinski definition) is 3. The number of aryl methyl sites for hydroxylation is 1. The van der Waals surface area contributed by atoms with Crippen molar-refractivity contribution in [3.05, 3.63) is 72.1 Å². The summed E-state index contributed by atoms with van der Waals surface area (Å²) in [5.74, 6) is 0.754.